The Morgan fingerprint density at radius 3 is 2.55 bits per heavy atom. The molecule has 1 atom stereocenters. The van der Waals surface area contributed by atoms with Gasteiger partial charge in [0.25, 0.3) is 0 Å². The summed E-state index contributed by atoms with van der Waals surface area (Å²) < 4.78 is 14.0. The summed E-state index contributed by atoms with van der Waals surface area (Å²) in [7, 11) is 0. The largest absolute Gasteiger partial charge is 0.369 e. The number of benzene rings is 1. The zero-order valence-electron chi connectivity index (χ0n) is 12.2. The molecule has 1 saturated heterocycles. The van der Waals surface area contributed by atoms with Crippen molar-refractivity contribution in [1.82, 2.24) is 4.90 Å². The van der Waals surface area contributed by atoms with Crippen LogP contribution in [0.15, 0.2) is 18.2 Å². The zero-order chi connectivity index (χ0) is 14.1. The molecule has 0 aromatic heterocycles. The van der Waals surface area contributed by atoms with Crippen molar-refractivity contribution in [3.63, 3.8) is 0 Å². The Labute approximate surface area is 120 Å². The first-order chi connectivity index (χ1) is 9.65. The van der Waals surface area contributed by atoms with E-state index in [9.17, 15) is 4.39 Å². The maximum absolute atomic E-state index is 14.0. The van der Waals surface area contributed by atoms with Gasteiger partial charge in [-0.2, -0.15) is 0 Å². The summed E-state index contributed by atoms with van der Waals surface area (Å²) in [6, 6.07) is 5.02. The van der Waals surface area contributed by atoms with E-state index in [1.807, 2.05) is 13.0 Å². The van der Waals surface area contributed by atoms with E-state index >= 15 is 0 Å². The monoisotopic (exact) mass is 277 g/mol. The van der Waals surface area contributed by atoms with Crippen LogP contribution in [0.1, 0.15) is 31.4 Å². The van der Waals surface area contributed by atoms with Crippen molar-refractivity contribution in [3.05, 3.63) is 29.6 Å². The fourth-order valence-electron chi connectivity index (χ4n) is 3.09. The molecule has 2 fully saturated rings. The van der Waals surface area contributed by atoms with Crippen molar-refractivity contribution >= 4 is 5.69 Å². The molecule has 1 aromatic rings. The molecule has 3 rings (SSSR count). The second-order valence-electron chi connectivity index (χ2n) is 6.19. The van der Waals surface area contributed by atoms with Gasteiger partial charge in [-0.1, -0.05) is 6.07 Å². The van der Waals surface area contributed by atoms with Crippen LogP contribution in [0.25, 0.3) is 0 Å². The molecule has 0 bridgehead atoms. The van der Waals surface area contributed by atoms with Gasteiger partial charge in [-0.05, 0) is 37.8 Å². The minimum absolute atomic E-state index is 0.182. The summed E-state index contributed by atoms with van der Waals surface area (Å²) in [5.41, 5.74) is 7.58. The van der Waals surface area contributed by atoms with Gasteiger partial charge in [0.1, 0.15) is 5.82 Å². The Hall–Kier alpha value is -1.13. The molecule has 1 aromatic carbocycles. The highest BCUT2D eigenvalue weighted by molar-refractivity contribution is 5.55. The number of rotatable bonds is 4. The number of anilines is 1. The van der Waals surface area contributed by atoms with E-state index in [4.69, 9.17) is 5.73 Å². The van der Waals surface area contributed by atoms with Gasteiger partial charge in [-0.3, -0.25) is 4.90 Å². The Morgan fingerprint density at radius 2 is 1.95 bits per heavy atom. The van der Waals surface area contributed by atoms with Gasteiger partial charge < -0.3 is 10.6 Å². The molecule has 4 heteroatoms. The summed E-state index contributed by atoms with van der Waals surface area (Å²) in [6.07, 6.45) is 2.80. The van der Waals surface area contributed by atoms with Crippen molar-refractivity contribution in [1.29, 1.82) is 0 Å². The Balaban J connectivity index is 1.69. The maximum atomic E-state index is 14.0. The van der Waals surface area contributed by atoms with E-state index in [0.717, 1.165) is 37.8 Å². The van der Waals surface area contributed by atoms with Crippen LogP contribution in [0.3, 0.4) is 0 Å². The van der Waals surface area contributed by atoms with Gasteiger partial charge in [0.2, 0.25) is 0 Å². The third kappa shape index (κ3) is 2.96. The normalized spacial score (nSPS) is 22.1. The van der Waals surface area contributed by atoms with Crippen LogP contribution >= 0.6 is 0 Å². The highest BCUT2D eigenvalue weighted by Gasteiger charge is 2.27. The van der Waals surface area contributed by atoms with Gasteiger partial charge in [-0.15, -0.1) is 0 Å². The lowest BCUT2D eigenvalue weighted by Gasteiger charge is -2.37. The van der Waals surface area contributed by atoms with Crippen molar-refractivity contribution < 1.29 is 4.39 Å². The molecular weight excluding hydrogens is 253 g/mol. The number of hydrogen-bond acceptors (Lipinski definition) is 3. The van der Waals surface area contributed by atoms with E-state index in [-0.39, 0.29) is 11.9 Å². The van der Waals surface area contributed by atoms with Crippen LogP contribution in [0.5, 0.6) is 0 Å². The molecule has 2 N–H and O–H groups in total. The Bertz CT molecular complexity index is 463. The first-order valence-electron chi connectivity index (χ1n) is 7.66. The minimum Gasteiger partial charge on any atom is -0.369 e. The average molecular weight is 277 g/mol. The van der Waals surface area contributed by atoms with E-state index in [1.54, 1.807) is 6.07 Å². The standard InChI is InChI=1S/C16H24FN3/c1-12(18)16-14(17)3-2-4-15(16)20-9-7-19(8-10-20)11-13-5-6-13/h2-4,12-13H,5-11,18H2,1H3/t12-/m1/s1. The Morgan fingerprint density at radius 1 is 1.25 bits per heavy atom. The molecule has 110 valence electrons. The van der Waals surface area contributed by atoms with Gasteiger partial charge in [0.05, 0.1) is 0 Å². The van der Waals surface area contributed by atoms with Crippen LogP contribution in [0.2, 0.25) is 0 Å². The first kappa shape index (κ1) is 13.8. The molecule has 0 spiro atoms. The molecular formula is C16H24FN3. The Kier molecular flexibility index (Phi) is 3.94. The van der Waals surface area contributed by atoms with Crippen LogP contribution in [-0.4, -0.2) is 37.6 Å². The van der Waals surface area contributed by atoms with E-state index in [1.165, 1.54) is 25.5 Å². The topological polar surface area (TPSA) is 32.5 Å². The molecule has 1 heterocycles. The first-order valence-corrected chi connectivity index (χ1v) is 7.66. The van der Waals surface area contributed by atoms with Gasteiger partial charge in [0, 0.05) is 50.0 Å². The van der Waals surface area contributed by atoms with Gasteiger partial charge >= 0.3 is 0 Å². The smallest absolute Gasteiger partial charge is 0.130 e. The maximum Gasteiger partial charge on any atom is 0.130 e. The average Bonchev–Trinajstić information content (AvgIpc) is 3.23. The van der Waals surface area contributed by atoms with Crippen LogP contribution in [0, 0.1) is 11.7 Å². The third-order valence-corrected chi connectivity index (χ3v) is 4.41. The summed E-state index contributed by atoms with van der Waals surface area (Å²) in [5.74, 6) is 0.758. The highest BCUT2D eigenvalue weighted by Crippen LogP contribution is 2.31. The minimum atomic E-state index is -0.268. The lowest BCUT2D eigenvalue weighted by Crippen LogP contribution is -2.47. The third-order valence-electron chi connectivity index (χ3n) is 4.41. The fraction of sp³-hybridized carbons (Fsp3) is 0.625. The summed E-state index contributed by atoms with van der Waals surface area (Å²) in [5, 5.41) is 0. The van der Waals surface area contributed by atoms with E-state index in [2.05, 4.69) is 9.80 Å². The number of piperazine rings is 1. The molecule has 1 aliphatic heterocycles. The summed E-state index contributed by atoms with van der Waals surface area (Å²) in [4.78, 5) is 4.82. The lowest BCUT2D eigenvalue weighted by atomic mass is 10.0. The molecule has 1 saturated carbocycles. The second kappa shape index (κ2) is 5.70. The molecule has 1 aliphatic carbocycles. The quantitative estimate of drug-likeness (QED) is 0.917. The van der Waals surface area contributed by atoms with E-state index < -0.39 is 0 Å². The number of halogens is 1. The van der Waals surface area contributed by atoms with Gasteiger partial charge in [-0.25, -0.2) is 4.39 Å². The second-order valence-corrected chi connectivity index (χ2v) is 6.19. The molecule has 20 heavy (non-hydrogen) atoms. The number of hydrogen-bond donors (Lipinski definition) is 1. The van der Waals surface area contributed by atoms with Crippen LogP contribution < -0.4 is 10.6 Å². The molecule has 3 nitrogen and oxygen atoms in total. The van der Waals surface area contributed by atoms with Crippen molar-refractivity contribution in [2.24, 2.45) is 11.7 Å². The summed E-state index contributed by atoms with van der Waals surface area (Å²) >= 11 is 0. The fourth-order valence-corrected chi connectivity index (χ4v) is 3.09. The number of nitrogens with two attached hydrogens (primary N) is 1. The molecule has 0 unspecified atom stereocenters. The lowest BCUT2D eigenvalue weighted by molar-refractivity contribution is 0.248. The van der Waals surface area contributed by atoms with Crippen molar-refractivity contribution in [3.8, 4) is 0 Å². The van der Waals surface area contributed by atoms with Crippen molar-refractivity contribution in [2.75, 3.05) is 37.6 Å². The van der Waals surface area contributed by atoms with Crippen LogP contribution in [-0.2, 0) is 0 Å². The SMILES string of the molecule is C[C@@H](N)c1c(F)cccc1N1CCN(CC2CC2)CC1. The predicted octanol–water partition coefficient (Wildman–Crippen LogP) is 2.38. The molecule has 0 radical (unpaired) electrons. The zero-order valence-corrected chi connectivity index (χ0v) is 12.2. The summed E-state index contributed by atoms with van der Waals surface area (Å²) in [6.45, 7) is 7.19. The van der Waals surface area contributed by atoms with E-state index in [0.29, 0.717) is 5.56 Å². The predicted molar refractivity (Wildman–Crippen MR) is 80.4 cm³/mol. The molecule has 0 amide bonds. The van der Waals surface area contributed by atoms with Gasteiger partial charge in [0.15, 0.2) is 0 Å². The van der Waals surface area contributed by atoms with Crippen LogP contribution in [0.4, 0.5) is 10.1 Å². The molecule has 2 aliphatic rings. The highest BCUT2D eigenvalue weighted by atomic mass is 19.1. The van der Waals surface area contributed by atoms with Crippen molar-refractivity contribution in [2.45, 2.75) is 25.8 Å². The number of nitrogens with zero attached hydrogens (tertiary/aromatic N) is 2.